The normalized spacial score (nSPS) is 12.3. The van der Waals surface area contributed by atoms with Gasteiger partial charge >= 0.3 is 5.97 Å². The smallest absolute Gasteiger partial charge is 0.335 e. The molecule has 0 aliphatic rings. The Balaban J connectivity index is 1.99. The molecule has 1 atom stereocenters. The summed E-state index contributed by atoms with van der Waals surface area (Å²) in [6, 6.07) is 26.4. The van der Waals surface area contributed by atoms with E-state index < -0.39 is 5.97 Å². The first-order valence-electron chi connectivity index (χ1n) is 11.7. The third-order valence-electron chi connectivity index (χ3n) is 6.07. The van der Waals surface area contributed by atoms with Crippen LogP contribution in [0.5, 0.6) is 5.75 Å². The Morgan fingerprint density at radius 1 is 0.879 bits per heavy atom. The summed E-state index contributed by atoms with van der Waals surface area (Å²) in [5.74, 6) is -0.168. The molecule has 33 heavy (non-hydrogen) atoms. The third-order valence-corrected chi connectivity index (χ3v) is 6.07. The fourth-order valence-electron chi connectivity index (χ4n) is 4.40. The molecule has 0 saturated heterocycles. The number of carboxylic acids is 1. The quantitative estimate of drug-likeness (QED) is 0.361. The summed E-state index contributed by atoms with van der Waals surface area (Å²) in [5, 5.41) is 9.68. The van der Waals surface area contributed by atoms with Crippen molar-refractivity contribution in [2.45, 2.75) is 58.7 Å². The molecule has 0 heterocycles. The predicted molar refractivity (Wildman–Crippen MR) is 134 cm³/mol. The predicted octanol–water partition coefficient (Wildman–Crippen LogP) is 6.60. The average molecular weight is 446 g/mol. The van der Waals surface area contributed by atoms with E-state index in [1.807, 2.05) is 48.5 Å². The number of benzene rings is 3. The van der Waals surface area contributed by atoms with Crippen molar-refractivity contribution >= 4 is 5.97 Å². The zero-order valence-electron chi connectivity index (χ0n) is 20.1. The number of ether oxygens (including phenoxy) is 1. The van der Waals surface area contributed by atoms with Crippen LogP contribution in [0.25, 0.3) is 0 Å². The third kappa shape index (κ3) is 6.69. The molecule has 3 aromatic rings. The van der Waals surface area contributed by atoms with E-state index in [2.05, 4.69) is 44.7 Å². The molecule has 1 N–H and O–H groups in total. The standard InChI is InChI=1S/C29H35NO3/c1-21(2)30(22(3)4)18-17-26(24-13-9-6-10-14-24)27-19-25(29(31)32)15-16-28(27)33-20-23-11-7-5-8-12-23/h5-16,19,21-22,26H,17-18,20H2,1-4H3,(H,31,32)/t26-/m0/s1. The molecule has 0 aliphatic carbocycles. The summed E-state index contributed by atoms with van der Waals surface area (Å²) in [5.41, 5.74) is 3.44. The van der Waals surface area contributed by atoms with E-state index in [9.17, 15) is 9.90 Å². The second kappa shape index (κ2) is 11.7. The number of hydrogen-bond donors (Lipinski definition) is 1. The van der Waals surface area contributed by atoms with Gasteiger partial charge in [-0.05, 0) is 70.0 Å². The lowest BCUT2D eigenvalue weighted by molar-refractivity contribution is 0.0696. The SMILES string of the molecule is CC(C)N(CC[C@@H](c1ccccc1)c1cc(C(=O)O)ccc1OCc1ccccc1)C(C)C. The van der Waals surface area contributed by atoms with Gasteiger partial charge in [0.1, 0.15) is 12.4 Å². The van der Waals surface area contributed by atoms with Crippen molar-refractivity contribution in [3.8, 4) is 5.75 Å². The fraction of sp³-hybridized carbons (Fsp3) is 0.345. The molecule has 0 saturated carbocycles. The van der Waals surface area contributed by atoms with Crippen LogP contribution in [0.1, 0.15) is 67.1 Å². The molecule has 4 nitrogen and oxygen atoms in total. The Kier molecular flexibility index (Phi) is 8.67. The highest BCUT2D eigenvalue weighted by molar-refractivity contribution is 5.88. The van der Waals surface area contributed by atoms with Gasteiger partial charge in [0.2, 0.25) is 0 Å². The number of carbonyl (C=O) groups is 1. The number of carboxylic acid groups (broad SMARTS) is 1. The van der Waals surface area contributed by atoms with Gasteiger partial charge in [-0.3, -0.25) is 4.90 Å². The number of hydrogen-bond acceptors (Lipinski definition) is 3. The summed E-state index contributed by atoms with van der Waals surface area (Å²) < 4.78 is 6.26. The monoisotopic (exact) mass is 445 g/mol. The van der Waals surface area contributed by atoms with E-state index in [0.717, 1.165) is 35.4 Å². The summed E-state index contributed by atoms with van der Waals surface area (Å²) in [6.07, 6.45) is 0.866. The lowest BCUT2D eigenvalue weighted by Crippen LogP contribution is -2.38. The number of aromatic carboxylic acids is 1. The van der Waals surface area contributed by atoms with Gasteiger partial charge in [-0.2, -0.15) is 0 Å². The lowest BCUT2D eigenvalue weighted by Gasteiger charge is -2.32. The highest BCUT2D eigenvalue weighted by Gasteiger charge is 2.23. The Hall–Kier alpha value is -3.11. The zero-order valence-corrected chi connectivity index (χ0v) is 20.1. The van der Waals surface area contributed by atoms with Crippen LogP contribution < -0.4 is 4.74 Å². The highest BCUT2D eigenvalue weighted by atomic mass is 16.5. The van der Waals surface area contributed by atoms with Gasteiger partial charge in [0.15, 0.2) is 0 Å². The molecule has 0 radical (unpaired) electrons. The van der Waals surface area contributed by atoms with Crippen LogP contribution in [-0.2, 0) is 6.61 Å². The minimum atomic E-state index is -0.927. The van der Waals surface area contributed by atoms with Crippen LogP contribution in [0.15, 0.2) is 78.9 Å². The van der Waals surface area contributed by atoms with Gasteiger partial charge in [0.05, 0.1) is 5.56 Å². The van der Waals surface area contributed by atoms with E-state index in [1.165, 1.54) is 0 Å². The minimum absolute atomic E-state index is 0.0243. The molecule has 0 fully saturated rings. The van der Waals surface area contributed by atoms with Gasteiger partial charge in [-0.15, -0.1) is 0 Å². The van der Waals surface area contributed by atoms with E-state index in [-0.39, 0.29) is 11.5 Å². The first-order chi connectivity index (χ1) is 15.9. The van der Waals surface area contributed by atoms with Crippen molar-refractivity contribution < 1.29 is 14.6 Å². The highest BCUT2D eigenvalue weighted by Crippen LogP contribution is 2.36. The Morgan fingerprint density at radius 2 is 1.48 bits per heavy atom. The van der Waals surface area contributed by atoms with Gasteiger partial charge < -0.3 is 9.84 Å². The van der Waals surface area contributed by atoms with Crippen LogP contribution in [0.4, 0.5) is 0 Å². The molecule has 0 unspecified atom stereocenters. The average Bonchev–Trinajstić information content (AvgIpc) is 2.81. The largest absolute Gasteiger partial charge is 0.489 e. The molecule has 174 valence electrons. The molecule has 0 aliphatic heterocycles. The molecule has 0 bridgehead atoms. The molecule has 4 heteroatoms. The van der Waals surface area contributed by atoms with Gasteiger partial charge in [0.25, 0.3) is 0 Å². The van der Waals surface area contributed by atoms with E-state index >= 15 is 0 Å². The molecule has 3 aromatic carbocycles. The zero-order chi connectivity index (χ0) is 23.8. The summed E-state index contributed by atoms with van der Waals surface area (Å²) in [4.78, 5) is 14.3. The number of rotatable bonds is 11. The van der Waals surface area contributed by atoms with Crippen molar-refractivity contribution in [1.82, 2.24) is 4.90 Å². The van der Waals surface area contributed by atoms with Crippen molar-refractivity contribution in [2.75, 3.05) is 6.54 Å². The Labute approximate surface area is 197 Å². The maximum atomic E-state index is 11.8. The van der Waals surface area contributed by atoms with Crippen LogP contribution in [-0.4, -0.2) is 34.6 Å². The summed E-state index contributed by atoms with van der Waals surface area (Å²) in [6.45, 7) is 10.2. The fourth-order valence-corrected chi connectivity index (χ4v) is 4.40. The summed E-state index contributed by atoms with van der Waals surface area (Å²) >= 11 is 0. The van der Waals surface area contributed by atoms with Crippen molar-refractivity contribution in [3.63, 3.8) is 0 Å². The Bertz CT molecular complexity index is 1010. The van der Waals surface area contributed by atoms with E-state index in [4.69, 9.17) is 4.74 Å². The van der Waals surface area contributed by atoms with E-state index in [0.29, 0.717) is 18.7 Å². The minimum Gasteiger partial charge on any atom is -0.489 e. The molecule has 0 spiro atoms. The first kappa shape index (κ1) is 24.5. The molecular weight excluding hydrogens is 410 g/mol. The van der Waals surface area contributed by atoms with Gasteiger partial charge in [0, 0.05) is 23.6 Å². The number of nitrogens with zero attached hydrogens (tertiary/aromatic N) is 1. The van der Waals surface area contributed by atoms with Crippen molar-refractivity contribution in [2.24, 2.45) is 0 Å². The van der Waals surface area contributed by atoms with Crippen LogP contribution in [0.3, 0.4) is 0 Å². The lowest BCUT2D eigenvalue weighted by atomic mass is 9.86. The van der Waals surface area contributed by atoms with Crippen molar-refractivity contribution in [3.05, 3.63) is 101 Å². The molecule has 0 aromatic heterocycles. The van der Waals surface area contributed by atoms with Crippen LogP contribution >= 0.6 is 0 Å². The summed E-state index contributed by atoms with van der Waals surface area (Å²) in [7, 11) is 0. The second-order valence-electron chi connectivity index (χ2n) is 9.01. The molecule has 3 rings (SSSR count). The van der Waals surface area contributed by atoms with Crippen LogP contribution in [0.2, 0.25) is 0 Å². The maximum Gasteiger partial charge on any atom is 0.335 e. The first-order valence-corrected chi connectivity index (χ1v) is 11.7. The van der Waals surface area contributed by atoms with Gasteiger partial charge in [-0.1, -0.05) is 60.7 Å². The molecular formula is C29H35NO3. The second-order valence-corrected chi connectivity index (χ2v) is 9.01. The van der Waals surface area contributed by atoms with E-state index in [1.54, 1.807) is 18.2 Å². The van der Waals surface area contributed by atoms with Crippen LogP contribution in [0, 0.1) is 0 Å². The Morgan fingerprint density at radius 3 is 2.06 bits per heavy atom. The maximum absolute atomic E-state index is 11.8. The molecule has 0 amide bonds. The topological polar surface area (TPSA) is 49.8 Å². The van der Waals surface area contributed by atoms with Gasteiger partial charge in [-0.25, -0.2) is 4.79 Å². The van der Waals surface area contributed by atoms with Crippen molar-refractivity contribution in [1.29, 1.82) is 0 Å².